The van der Waals surface area contributed by atoms with Gasteiger partial charge in [-0.15, -0.1) is 10.2 Å². The van der Waals surface area contributed by atoms with E-state index in [1.807, 2.05) is 37.3 Å². The van der Waals surface area contributed by atoms with Crippen molar-refractivity contribution in [2.75, 3.05) is 6.61 Å². The molecule has 3 rings (SSSR count). The Morgan fingerprint density at radius 1 is 1.16 bits per heavy atom. The molecule has 0 aliphatic heterocycles. The molecule has 4 nitrogen and oxygen atoms in total. The predicted molar refractivity (Wildman–Crippen MR) is 74.2 cm³/mol. The maximum atomic E-state index is 5.49. The minimum absolute atomic E-state index is 0.653. The molecule has 0 atom stereocenters. The Labute approximate surface area is 114 Å². The first-order valence-corrected chi connectivity index (χ1v) is 6.78. The van der Waals surface area contributed by atoms with E-state index in [1.54, 1.807) is 12.5 Å². The summed E-state index contributed by atoms with van der Waals surface area (Å²) in [5.74, 6) is 0.847. The molecule has 0 saturated carbocycles. The lowest BCUT2D eigenvalue weighted by atomic mass is 10.2. The van der Waals surface area contributed by atoms with E-state index in [-0.39, 0.29) is 0 Å². The Hall–Kier alpha value is -2.14. The monoisotopic (exact) mass is 272 g/mol. The van der Waals surface area contributed by atoms with E-state index in [4.69, 9.17) is 9.15 Å². The summed E-state index contributed by atoms with van der Waals surface area (Å²) in [6.45, 7) is 2.62. The molecule has 2 heterocycles. The van der Waals surface area contributed by atoms with Gasteiger partial charge in [0.25, 0.3) is 0 Å². The number of nitrogens with zero attached hydrogens (tertiary/aromatic N) is 2. The van der Waals surface area contributed by atoms with Crippen LogP contribution < -0.4 is 4.74 Å². The lowest BCUT2D eigenvalue weighted by Gasteiger charge is -2.03. The summed E-state index contributed by atoms with van der Waals surface area (Å²) in [6, 6.07) is 9.75. The summed E-state index contributed by atoms with van der Waals surface area (Å²) in [7, 11) is 0. The van der Waals surface area contributed by atoms with Crippen LogP contribution >= 0.6 is 11.3 Å². The molecule has 19 heavy (non-hydrogen) atoms. The van der Waals surface area contributed by atoms with Crippen molar-refractivity contribution < 1.29 is 9.15 Å². The van der Waals surface area contributed by atoms with Crippen LogP contribution in [0.4, 0.5) is 0 Å². The van der Waals surface area contributed by atoms with Crippen LogP contribution in [0.1, 0.15) is 6.92 Å². The van der Waals surface area contributed by atoms with Gasteiger partial charge in [-0.25, -0.2) is 0 Å². The summed E-state index contributed by atoms with van der Waals surface area (Å²) in [5.41, 5.74) is 1.96. The van der Waals surface area contributed by atoms with Crippen LogP contribution in [0.15, 0.2) is 47.3 Å². The van der Waals surface area contributed by atoms with Crippen LogP contribution in [0.2, 0.25) is 0 Å². The molecule has 0 aliphatic rings. The maximum Gasteiger partial charge on any atom is 0.151 e. The van der Waals surface area contributed by atoms with Crippen LogP contribution in [0.3, 0.4) is 0 Å². The van der Waals surface area contributed by atoms with Crippen LogP contribution in [0, 0.1) is 0 Å². The average molecular weight is 272 g/mol. The molecule has 96 valence electrons. The number of hydrogen-bond donors (Lipinski definition) is 0. The first-order valence-electron chi connectivity index (χ1n) is 5.96. The van der Waals surface area contributed by atoms with Crippen molar-refractivity contribution in [2.24, 2.45) is 0 Å². The number of hydrogen-bond acceptors (Lipinski definition) is 5. The molecule has 0 fully saturated rings. The normalized spacial score (nSPS) is 10.6. The Kier molecular flexibility index (Phi) is 3.29. The van der Waals surface area contributed by atoms with Crippen LogP contribution in [-0.4, -0.2) is 16.8 Å². The highest BCUT2D eigenvalue weighted by molar-refractivity contribution is 7.17. The fourth-order valence-electron chi connectivity index (χ4n) is 1.73. The van der Waals surface area contributed by atoms with Crippen molar-refractivity contribution in [1.29, 1.82) is 0 Å². The number of ether oxygens (including phenoxy) is 1. The predicted octanol–water partition coefficient (Wildman–Crippen LogP) is 3.86. The fraction of sp³-hybridized carbons (Fsp3) is 0.143. The number of aromatic nitrogens is 2. The quantitative estimate of drug-likeness (QED) is 0.723. The zero-order valence-electron chi connectivity index (χ0n) is 10.4. The third kappa shape index (κ3) is 2.51. The van der Waals surface area contributed by atoms with E-state index in [0.29, 0.717) is 6.61 Å². The van der Waals surface area contributed by atoms with Gasteiger partial charge >= 0.3 is 0 Å². The first kappa shape index (κ1) is 11.9. The van der Waals surface area contributed by atoms with Crippen LogP contribution in [0.25, 0.3) is 21.1 Å². The lowest BCUT2D eigenvalue weighted by molar-refractivity contribution is 0.340. The molecule has 0 unspecified atom stereocenters. The number of furan rings is 1. The highest BCUT2D eigenvalue weighted by Crippen LogP contribution is 2.31. The highest BCUT2D eigenvalue weighted by Gasteiger charge is 2.10. The standard InChI is InChI=1S/C14H12N2O2S/c1-2-18-12-5-3-4-10(8-12)13-15-16-14(19-13)11-6-7-17-9-11/h3-9H,2H2,1H3. The zero-order chi connectivity index (χ0) is 13.1. The van der Waals surface area contributed by atoms with Crippen LogP contribution in [-0.2, 0) is 0 Å². The summed E-state index contributed by atoms with van der Waals surface area (Å²) in [5, 5.41) is 10.1. The molecule has 1 aromatic carbocycles. The molecule has 0 radical (unpaired) electrons. The van der Waals surface area contributed by atoms with E-state index in [0.717, 1.165) is 26.9 Å². The van der Waals surface area contributed by atoms with Crippen molar-refractivity contribution in [3.05, 3.63) is 42.9 Å². The van der Waals surface area contributed by atoms with Gasteiger partial charge in [0.15, 0.2) is 5.01 Å². The largest absolute Gasteiger partial charge is 0.494 e. The molecular weight excluding hydrogens is 260 g/mol. The summed E-state index contributed by atoms with van der Waals surface area (Å²) < 4.78 is 10.5. The van der Waals surface area contributed by atoms with Gasteiger partial charge in [-0.1, -0.05) is 23.5 Å². The molecule has 0 saturated heterocycles. The van der Waals surface area contributed by atoms with Crippen molar-refractivity contribution in [3.8, 4) is 26.9 Å². The average Bonchev–Trinajstić information content (AvgIpc) is 3.11. The Bertz CT molecular complexity index is 662. The zero-order valence-corrected chi connectivity index (χ0v) is 11.2. The Morgan fingerprint density at radius 2 is 2.00 bits per heavy atom. The van der Waals surface area contributed by atoms with Gasteiger partial charge < -0.3 is 9.15 Å². The van der Waals surface area contributed by atoms with Gasteiger partial charge in [-0.3, -0.25) is 0 Å². The van der Waals surface area contributed by atoms with E-state index in [2.05, 4.69) is 10.2 Å². The minimum Gasteiger partial charge on any atom is -0.494 e. The van der Waals surface area contributed by atoms with E-state index in [9.17, 15) is 0 Å². The van der Waals surface area contributed by atoms with E-state index < -0.39 is 0 Å². The smallest absolute Gasteiger partial charge is 0.151 e. The molecule has 0 bridgehead atoms. The highest BCUT2D eigenvalue weighted by atomic mass is 32.1. The third-order valence-corrected chi connectivity index (χ3v) is 3.61. The van der Waals surface area contributed by atoms with Crippen molar-refractivity contribution in [1.82, 2.24) is 10.2 Å². The SMILES string of the molecule is CCOc1cccc(-c2nnc(-c3ccoc3)s2)c1. The van der Waals surface area contributed by atoms with Gasteiger partial charge in [-0.2, -0.15) is 0 Å². The number of rotatable bonds is 4. The third-order valence-electron chi connectivity index (χ3n) is 2.59. The molecule has 0 aliphatic carbocycles. The fourth-order valence-corrected chi connectivity index (χ4v) is 2.55. The van der Waals surface area contributed by atoms with Crippen LogP contribution in [0.5, 0.6) is 5.75 Å². The summed E-state index contributed by atoms with van der Waals surface area (Å²) >= 11 is 1.53. The first-order chi connectivity index (χ1) is 9.36. The van der Waals surface area contributed by atoms with E-state index >= 15 is 0 Å². The molecule has 0 amide bonds. The van der Waals surface area contributed by atoms with Crippen molar-refractivity contribution >= 4 is 11.3 Å². The lowest BCUT2D eigenvalue weighted by Crippen LogP contribution is -1.90. The second-order valence-corrected chi connectivity index (χ2v) is 4.86. The molecule has 2 aromatic heterocycles. The molecular formula is C14H12N2O2S. The van der Waals surface area contributed by atoms with Gasteiger partial charge in [0.1, 0.15) is 17.0 Å². The summed E-state index contributed by atoms with van der Waals surface area (Å²) in [4.78, 5) is 0. The molecule has 5 heteroatoms. The number of benzene rings is 1. The maximum absolute atomic E-state index is 5.49. The van der Waals surface area contributed by atoms with Gasteiger partial charge in [0.05, 0.1) is 18.4 Å². The molecule has 0 spiro atoms. The minimum atomic E-state index is 0.653. The van der Waals surface area contributed by atoms with Crippen molar-refractivity contribution in [3.63, 3.8) is 0 Å². The molecule has 3 aromatic rings. The van der Waals surface area contributed by atoms with Crippen molar-refractivity contribution in [2.45, 2.75) is 6.92 Å². The Balaban J connectivity index is 1.92. The second kappa shape index (κ2) is 5.24. The molecule has 0 N–H and O–H groups in total. The van der Waals surface area contributed by atoms with Gasteiger partial charge in [0, 0.05) is 5.56 Å². The van der Waals surface area contributed by atoms with E-state index in [1.165, 1.54) is 11.3 Å². The second-order valence-electron chi connectivity index (χ2n) is 3.89. The van der Waals surface area contributed by atoms with Gasteiger partial charge in [0.2, 0.25) is 0 Å². The topological polar surface area (TPSA) is 48.2 Å². The van der Waals surface area contributed by atoms with Gasteiger partial charge in [-0.05, 0) is 25.1 Å². The Morgan fingerprint density at radius 3 is 2.74 bits per heavy atom. The summed E-state index contributed by atoms with van der Waals surface area (Å²) in [6.07, 6.45) is 3.30.